The zero-order chi connectivity index (χ0) is 13.7. The van der Waals surface area contributed by atoms with E-state index in [1.54, 1.807) is 0 Å². The molecule has 1 unspecified atom stereocenters. The molecule has 0 aliphatic heterocycles. The van der Waals surface area contributed by atoms with Crippen LogP contribution in [0, 0.1) is 6.92 Å². The zero-order valence-corrected chi connectivity index (χ0v) is 13.2. The van der Waals surface area contributed by atoms with Crippen molar-refractivity contribution in [2.24, 2.45) is 0 Å². The minimum Gasteiger partial charge on any atom is -0.373 e. The lowest BCUT2D eigenvalue weighted by atomic mass is 10.0. The van der Waals surface area contributed by atoms with Crippen LogP contribution in [0.1, 0.15) is 57.1 Å². The molecule has 1 atom stereocenters. The fourth-order valence-corrected chi connectivity index (χ4v) is 2.72. The summed E-state index contributed by atoms with van der Waals surface area (Å²) in [6.07, 6.45) is 1.19. The van der Waals surface area contributed by atoms with Gasteiger partial charge < -0.3 is 5.32 Å². The van der Waals surface area contributed by atoms with Gasteiger partial charge in [-0.1, -0.05) is 27.7 Å². The number of anilines is 1. The SMILES string of the molecule is CCC(C)SCc1nc(C)c(C(C)C)c(NC)n1. The molecule has 0 radical (unpaired) electrons. The fourth-order valence-electron chi connectivity index (χ4n) is 1.92. The van der Waals surface area contributed by atoms with Crippen LogP contribution in [0.15, 0.2) is 0 Å². The van der Waals surface area contributed by atoms with Crippen LogP contribution in [0.25, 0.3) is 0 Å². The van der Waals surface area contributed by atoms with Gasteiger partial charge in [0.25, 0.3) is 0 Å². The van der Waals surface area contributed by atoms with Gasteiger partial charge >= 0.3 is 0 Å². The number of hydrogen-bond donors (Lipinski definition) is 1. The third kappa shape index (κ3) is 3.87. The number of nitrogens with one attached hydrogen (secondary N) is 1. The molecule has 0 aliphatic carbocycles. The first-order valence-electron chi connectivity index (χ1n) is 6.66. The molecule has 0 spiro atoms. The number of rotatable bonds is 6. The topological polar surface area (TPSA) is 37.8 Å². The second-order valence-electron chi connectivity index (χ2n) is 4.92. The molecule has 0 saturated heterocycles. The van der Waals surface area contributed by atoms with Crippen LogP contribution in [0.2, 0.25) is 0 Å². The molecule has 0 aromatic carbocycles. The number of thioether (sulfide) groups is 1. The van der Waals surface area contributed by atoms with Crippen molar-refractivity contribution >= 4 is 17.6 Å². The molecule has 1 N–H and O–H groups in total. The van der Waals surface area contributed by atoms with E-state index in [9.17, 15) is 0 Å². The average Bonchev–Trinajstić information content (AvgIpc) is 2.34. The standard InChI is InChI=1S/C14H25N3S/c1-7-10(4)18-8-12-16-11(5)13(9(2)3)14(15-6)17-12/h9-10H,7-8H2,1-6H3,(H,15,16,17). The summed E-state index contributed by atoms with van der Waals surface area (Å²) in [7, 11) is 1.93. The monoisotopic (exact) mass is 267 g/mol. The van der Waals surface area contributed by atoms with E-state index in [4.69, 9.17) is 0 Å². The number of aryl methyl sites for hydroxylation is 1. The first-order valence-corrected chi connectivity index (χ1v) is 7.71. The molecule has 1 heterocycles. The highest BCUT2D eigenvalue weighted by molar-refractivity contribution is 7.99. The van der Waals surface area contributed by atoms with Gasteiger partial charge in [0.15, 0.2) is 0 Å². The van der Waals surface area contributed by atoms with Crippen molar-refractivity contribution < 1.29 is 0 Å². The Labute approximate surface area is 115 Å². The van der Waals surface area contributed by atoms with Crippen LogP contribution in [-0.4, -0.2) is 22.3 Å². The van der Waals surface area contributed by atoms with E-state index in [1.165, 1.54) is 12.0 Å². The highest BCUT2D eigenvalue weighted by Gasteiger charge is 2.14. The lowest BCUT2D eigenvalue weighted by molar-refractivity contribution is 0.819. The third-order valence-electron chi connectivity index (χ3n) is 3.07. The summed E-state index contributed by atoms with van der Waals surface area (Å²) in [5, 5.41) is 3.86. The zero-order valence-electron chi connectivity index (χ0n) is 12.4. The lowest BCUT2D eigenvalue weighted by Crippen LogP contribution is -2.09. The quantitative estimate of drug-likeness (QED) is 0.846. The predicted octanol–water partition coefficient (Wildman–Crippen LogP) is 3.98. The van der Waals surface area contributed by atoms with Gasteiger partial charge in [0.05, 0.1) is 5.75 Å². The average molecular weight is 267 g/mol. The van der Waals surface area contributed by atoms with Crippen LogP contribution in [0.5, 0.6) is 0 Å². The smallest absolute Gasteiger partial charge is 0.140 e. The highest BCUT2D eigenvalue weighted by Crippen LogP contribution is 2.26. The van der Waals surface area contributed by atoms with Crippen LogP contribution in [-0.2, 0) is 5.75 Å². The van der Waals surface area contributed by atoms with Gasteiger partial charge in [-0.3, -0.25) is 0 Å². The first-order chi connectivity index (χ1) is 8.49. The largest absolute Gasteiger partial charge is 0.373 e. The molecule has 3 nitrogen and oxygen atoms in total. The Balaban J connectivity index is 2.93. The molecule has 4 heteroatoms. The van der Waals surface area contributed by atoms with Crippen LogP contribution < -0.4 is 5.32 Å². The molecule has 0 bridgehead atoms. The van der Waals surface area contributed by atoms with E-state index in [0.29, 0.717) is 11.2 Å². The number of aromatic nitrogens is 2. The third-order valence-corrected chi connectivity index (χ3v) is 4.40. The first kappa shape index (κ1) is 15.3. The Hall–Kier alpha value is -0.770. The second-order valence-corrected chi connectivity index (χ2v) is 6.35. The van der Waals surface area contributed by atoms with E-state index >= 15 is 0 Å². The Morgan fingerprint density at radius 1 is 1.22 bits per heavy atom. The highest BCUT2D eigenvalue weighted by atomic mass is 32.2. The Morgan fingerprint density at radius 2 is 1.89 bits per heavy atom. The van der Waals surface area contributed by atoms with Crippen LogP contribution >= 0.6 is 11.8 Å². The summed E-state index contributed by atoms with van der Waals surface area (Å²) in [4.78, 5) is 9.27. The van der Waals surface area contributed by atoms with Crippen molar-refractivity contribution in [1.82, 2.24) is 9.97 Å². The van der Waals surface area contributed by atoms with Gasteiger partial charge in [-0.15, -0.1) is 0 Å². The molecule has 0 saturated carbocycles. The molecule has 0 fully saturated rings. The van der Waals surface area contributed by atoms with Crippen molar-refractivity contribution in [3.63, 3.8) is 0 Å². The van der Waals surface area contributed by atoms with E-state index in [2.05, 4.69) is 49.9 Å². The summed E-state index contributed by atoms with van der Waals surface area (Å²) < 4.78 is 0. The van der Waals surface area contributed by atoms with Gasteiger partial charge in [-0.25, -0.2) is 9.97 Å². The summed E-state index contributed by atoms with van der Waals surface area (Å²) in [6, 6.07) is 0. The van der Waals surface area contributed by atoms with Crippen molar-refractivity contribution in [1.29, 1.82) is 0 Å². The van der Waals surface area contributed by atoms with Crippen LogP contribution in [0.4, 0.5) is 5.82 Å². The molecule has 1 aromatic heterocycles. The number of hydrogen-bond acceptors (Lipinski definition) is 4. The maximum atomic E-state index is 4.64. The van der Waals surface area contributed by atoms with Gasteiger partial charge in [0, 0.05) is 23.6 Å². The minimum atomic E-state index is 0.448. The maximum absolute atomic E-state index is 4.64. The Bertz CT molecular complexity index is 391. The molecule has 0 aliphatic rings. The Kier molecular flexibility index (Phi) is 5.93. The Morgan fingerprint density at radius 3 is 2.39 bits per heavy atom. The molecular weight excluding hydrogens is 242 g/mol. The molecule has 1 aromatic rings. The molecule has 18 heavy (non-hydrogen) atoms. The minimum absolute atomic E-state index is 0.448. The van der Waals surface area contributed by atoms with E-state index < -0.39 is 0 Å². The maximum Gasteiger partial charge on any atom is 0.140 e. The molecular formula is C14H25N3S. The van der Waals surface area contributed by atoms with Crippen molar-refractivity contribution in [3.8, 4) is 0 Å². The number of nitrogens with zero attached hydrogens (tertiary/aromatic N) is 2. The second kappa shape index (κ2) is 6.98. The van der Waals surface area contributed by atoms with Gasteiger partial charge in [-0.2, -0.15) is 11.8 Å². The molecule has 1 rings (SSSR count). The molecule has 102 valence electrons. The summed E-state index contributed by atoms with van der Waals surface area (Å²) >= 11 is 1.92. The lowest BCUT2D eigenvalue weighted by Gasteiger charge is -2.16. The molecule has 0 amide bonds. The van der Waals surface area contributed by atoms with Gasteiger partial charge in [-0.05, 0) is 19.3 Å². The van der Waals surface area contributed by atoms with Gasteiger partial charge in [0.2, 0.25) is 0 Å². The normalized spacial score (nSPS) is 12.8. The van der Waals surface area contributed by atoms with Crippen molar-refractivity contribution in [3.05, 3.63) is 17.1 Å². The van der Waals surface area contributed by atoms with Crippen molar-refractivity contribution in [2.75, 3.05) is 12.4 Å². The van der Waals surface area contributed by atoms with Gasteiger partial charge in [0.1, 0.15) is 11.6 Å². The summed E-state index contributed by atoms with van der Waals surface area (Å²) in [5.41, 5.74) is 2.33. The summed E-state index contributed by atoms with van der Waals surface area (Å²) in [6.45, 7) is 10.9. The van der Waals surface area contributed by atoms with E-state index in [0.717, 1.165) is 23.1 Å². The fraction of sp³-hybridized carbons (Fsp3) is 0.714. The van der Waals surface area contributed by atoms with E-state index in [1.807, 2.05) is 18.8 Å². The van der Waals surface area contributed by atoms with E-state index in [-0.39, 0.29) is 0 Å². The predicted molar refractivity (Wildman–Crippen MR) is 81.5 cm³/mol. The summed E-state index contributed by atoms with van der Waals surface area (Å²) in [5.74, 6) is 3.26. The van der Waals surface area contributed by atoms with Crippen molar-refractivity contribution in [2.45, 2.75) is 58.0 Å². The van der Waals surface area contributed by atoms with Crippen LogP contribution in [0.3, 0.4) is 0 Å².